The van der Waals surface area contributed by atoms with Gasteiger partial charge < -0.3 is 4.74 Å². The van der Waals surface area contributed by atoms with Crippen molar-refractivity contribution in [1.29, 1.82) is 0 Å². The molecule has 0 amide bonds. The first-order valence-corrected chi connectivity index (χ1v) is 13.9. The molecule has 188 valence electrons. The van der Waals surface area contributed by atoms with Crippen molar-refractivity contribution in [2.45, 2.75) is 70.2 Å². The van der Waals surface area contributed by atoms with Crippen molar-refractivity contribution in [3.8, 4) is 5.75 Å². The van der Waals surface area contributed by atoms with Gasteiger partial charge in [-0.2, -0.15) is 4.72 Å². The van der Waals surface area contributed by atoms with Crippen LogP contribution in [0.5, 0.6) is 5.75 Å². The Bertz CT molecular complexity index is 1220. The van der Waals surface area contributed by atoms with Gasteiger partial charge in [-0.25, -0.2) is 8.42 Å². The molecule has 1 unspecified atom stereocenters. The van der Waals surface area contributed by atoms with E-state index in [0.717, 1.165) is 27.8 Å². The number of hydrogen-bond acceptors (Lipinski definition) is 3. The summed E-state index contributed by atoms with van der Waals surface area (Å²) in [5.41, 5.74) is 4.46. The third-order valence-electron chi connectivity index (χ3n) is 6.27. The van der Waals surface area contributed by atoms with Crippen LogP contribution in [0.1, 0.15) is 93.2 Å². The van der Waals surface area contributed by atoms with E-state index in [1.54, 1.807) is 19.2 Å². The smallest absolute Gasteiger partial charge is 0.242 e. The van der Waals surface area contributed by atoms with Gasteiger partial charge in [0.25, 0.3) is 0 Å². The van der Waals surface area contributed by atoms with E-state index in [4.69, 9.17) is 16.3 Å². The third kappa shape index (κ3) is 6.27. The first-order valence-electron chi connectivity index (χ1n) is 12.0. The van der Waals surface area contributed by atoms with Gasteiger partial charge in [0, 0.05) is 5.02 Å². The molecule has 0 aliphatic rings. The minimum Gasteiger partial charge on any atom is -0.497 e. The highest BCUT2D eigenvalue weighted by atomic mass is 35.5. The van der Waals surface area contributed by atoms with Crippen molar-refractivity contribution < 1.29 is 13.2 Å². The summed E-state index contributed by atoms with van der Waals surface area (Å²) in [5, 5.41) is 0.596. The standard InChI is InChI=1S/C29H36ClNO3S/c1-18(2)23-16-26(19(3)4)29(27(17-23)20(5)6)35(32,33)31-28(21-8-12-24(30)13-9-21)22-10-14-25(34-7)15-11-22/h8-20,28,31H,1-7H3. The third-order valence-corrected chi connectivity index (χ3v) is 8.08. The molecule has 3 rings (SSSR count). The Balaban J connectivity index is 2.20. The topological polar surface area (TPSA) is 55.4 Å². The maximum atomic E-state index is 14.1. The fourth-order valence-electron chi connectivity index (χ4n) is 4.19. The molecule has 3 aromatic carbocycles. The molecule has 1 N–H and O–H groups in total. The predicted octanol–water partition coefficient (Wildman–Crippen LogP) is 7.79. The number of halogens is 1. The summed E-state index contributed by atoms with van der Waals surface area (Å²) < 4.78 is 36.6. The number of nitrogens with one attached hydrogen (secondary N) is 1. The van der Waals surface area contributed by atoms with E-state index in [0.29, 0.717) is 21.6 Å². The monoisotopic (exact) mass is 513 g/mol. The normalized spacial score (nSPS) is 13.0. The minimum atomic E-state index is -3.89. The average Bonchev–Trinajstić information content (AvgIpc) is 2.82. The first kappa shape index (κ1) is 27.3. The van der Waals surface area contributed by atoms with Crippen molar-refractivity contribution in [3.05, 3.63) is 93.5 Å². The van der Waals surface area contributed by atoms with Crippen LogP contribution in [0.3, 0.4) is 0 Å². The van der Waals surface area contributed by atoms with Gasteiger partial charge in [0.1, 0.15) is 5.75 Å². The van der Waals surface area contributed by atoms with Crippen molar-refractivity contribution in [2.75, 3.05) is 7.11 Å². The van der Waals surface area contributed by atoms with Crippen LogP contribution in [0.2, 0.25) is 5.02 Å². The number of benzene rings is 3. The van der Waals surface area contributed by atoms with E-state index in [1.807, 2.05) is 64.1 Å². The number of hydrogen-bond donors (Lipinski definition) is 1. The van der Waals surface area contributed by atoms with Crippen LogP contribution in [0.25, 0.3) is 0 Å². The molecule has 0 fully saturated rings. The number of rotatable bonds is 9. The molecule has 0 aliphatic carbocycles. The van der Waals surface area contributed by atoms with E-state index >= 15 is 0 Å². The number of sulfonamides is 1. The molecule has 4 nitrogen and oxygen atoms in total. The molecule has 0 aliphatic heterocycles. The summed E-state index contributed by atoms with van der Waals surface area (Å²) in [6.45, 7) is 12.4. The van der Waals surface area contributed by atoms with E-state index < -0.39 is 16.1 Å². The van der Waals surface area contributed by atoms with E-state index in [2.05, 4.69) is 30.7 Å². The Morgan fingerprint density at radius 2 is 1.17 bits per heavy atom. The Hall–Kier alpha value is -2.34. The Labute approximate surface area is 215 Å². The predicted molar refractivity (Wildman–Crippen MR) is 145 cm³/mol. The second-order valence-corrected chi connectivity index (χ2v) is 12.0. The summed E-state index contributed by atoms with van der Waals surface area (Å²) in [6, 6.07) is 18.2. The number of methoxy groups -OCH3 is 1. The molecule has 0 radical (unpaired) electrons. The van der Waals surface area contributed by atoms with Gasteiger partial charge in [-0.3, -0.25) is 0 Å². The molecule has 0 heterocycles. The van der Waals surface area contributed by atoms with Crippen LogP contribution < -0.4 is 9.46 Å². The highest BCUT2D eigenvalue weighted by molar-refractivity contribution is 7.89. The molecule has 0 aromatic heterocycles. The maximum Gasteiger partial charge on any atom is 0.242 e. The van der Waals surface area contributed by atoms with Gasteiger partial charge in [0.2, 0.25) is 10.0 Å². The summed E-state index contributed by atoms with van der Waals surface area (Å²) in [6.07, 6.45) is 0. The fourth-order valence-corrected chi connectivity index (χ4v) is 6.23. The Morgan fingerprint density at radius 1 is 0.714 bits per heavy atom. The van der Waals surface area contributed by atoms with Crippen molar-refractivity contribution in [3.63, 3.8) is 0 Å². The lowest BCUT2D eigenvalue weighted by Gasteiger charge is -2.26. The largest absolute Gasteiger partial charge is 0.497 e. The van der Waals surface area contributed by atoms with Crippen LogP contribution in [0.4, 0.5) is 0 Å². The van der Waals surface area contributed by atoms with Crippen molar-refractivity contribution in [1.82, 2.24) is 4.72 Å². The molecular weight excluding hydrogens is 478 g/mol. The number of ether oxygens (including phenoxy) is 1. The molecule has 0 bridgehead atoms. The van der Waals surface area contributed by atoms with Crippen LogP contribution in [-0.2, 0) is 10.0 Å². The van der Waals surface area contributed by atoms with E-state index in [-0.39, 0.29) is 11.8 Å². The zero-order chi connectivity index (χ0) is 25.9. The molecule has 3 aromatic rings. The lowest BCUT2D eigenvalue weighted by molar-refractivity contribution is 0.414. The minimum absolute atomic E-state index is 0.0488. The zero-order valence-corrected chi connectivity index (χ0v) is 23.2. The highest BCUT2D eigenvalue weighted by Gasteiger charge is 2.30. The second-order valence-electron chi connectivity index (χ2n) is 9.87. The Morgan fingerprint density at radius 3 is 1.57 bits per heavy atom. The SMILES string of the molecule is COc1ccc(C(NS(=O)(=O)c2c(C(C)C)cc(C(C)C)cc2C(C)C)c2ccc(Cl)cc2)cc1. The maximum absolute atomic E-state index is 14.1. The van der Waals surface area contributed by atoms with Crippen LogP contribution in [-0.4, -0.2) is 15.5 Å². The zero-order valence-electron chi connectivity index (χ0n) is 21.6. The average molecular weight is 514 g/mol. The van der Waals surface area contributed by atoms with Crippen molar-refractivity contribution in [2.24, 2.45) is 0 Å². The Kier molecular flexibility index (Phi) is 8.68. The van der Waals surface area contributed by atoms with Crippen LogP contribution >= 0.6 is 11.6 Å². The van der Waals surface area contributed by atoms with Crippen LogP contribution in [0.15, 0.2) is 65.6 Å². The van der Waals surface area contributed by atoms with Gasteiger partial charge in [0.05, 0.1) is 18.0 Å². The summed E-state index contributed by atoms with van der Waals surface area (Å²) >= 11 is 6.13. The summed E-state index contributed by atoms with van der Waals surface area (Å²) in [7, 11) is -2.28. The highest BCUT2D eigenvalue weighted by Crippen LogP contribution is 2.36. The second kappa shape index (κ2) is 11.2. The lowest BCUT2D eigenvalue weighted by atomic mass is 9.89. The molecule has 35 heavy (non-hydrogen) atoms. The van der Waals surface area contributed by atoms with Gasteiger partial charge in [-0.05, 0) is 69.8 Å². The summed E-state index contributed by atoms with van der Waals surface area (Å²) in [4.78, 5) is 0.388. The molecule has 0 saturated heterocycles. The fraction of sp³-hybridized carbons (Fsp3) is 0.379. The van der Waals surface area contributed by atoms with Gasteiger partial charge in [0.15, 0.2) is 0 Å². The van der Waals surface area contributed by atoms with Gasteiger partial charge in [-0.1, -0.05) is 89.5 Å². The molecule has 1 atom stereocenters. The van der Waals surface area contributed by atoms with Crippen LogP contribution in [0, 0.1) is 0 Å². The quantitative estimate of drug-likeness (QED) is 0.317. The molecule has 0 saturated carbocycles. The molecular formula is C29H36ClNO3S. The summed E-state index contributed by atoms with van der Waals surface area (Å²) in [5.74, 6) is 1.11. The van der Waals surface area contributed by atoms with E-state index in [1.165, 1.54) is 0 Å². The van der Waals surface area contributed by atoms with Gasteiger partial charge in [-0.15, -0.1) is 0 Å². The van der Waals surface area contributed by atoms with Gasteiger partial charge >= 0.3 is 0 Å². The molecule has 6 heteroatoms. The lowest BCUT2D eigenvalue weighted by Crippen LogP contribution is -2.31. The van der Waals surface area contributed by atoms with Crippen molar-refractivity contribution >= 4 is 21.6 Å². The van der Waals surface area contributed by atoms with E-state index in [9.17, 15) is 8.42 Å². The first-order chi connectivity index (χ1) is 16.4. The molecule has 0 spiro atoms.